The maximum Gasteiger partial charge on any atom is 0.224 e. The smallest absolute Gasteiger partial charge is 0.224 e. The van der Waals surface area contributed by atoms with Crippen LogP contribution < -0.4 is 14.8 Å². The molecule has 1 aliphatic carbocycles. The van der Waals surface area contributed by atoms with Crippen LogP contribution in [-0.2, 0) is 9.59 Å². The van der Waals surface area contributed by atoms with E-state index in [1.54, 1.807) is 0 Å². The molecule has 1 saturated heterocycles. The van der Waals surface area contributed by atoms with Crippen LogP contribution in [0.2, 0.25) is 0 Å². The lowest BCUT2D eigenvalue weighted by molar-refractivity contribution is -0.133. The molecule has 0 aromatic heterocycles. The van der Waals surface area contributed by atoms with Crippen molar-refractivity contribution in [2.24, 2.45) is 11.8 Å². The van der Waals surface area contributed by atoms with Crippen molar-refractivity contribution in [2.45, 2.75) is 45.6 Å². The third-order valence-corrected chi connectivity index (χ3v) is 5.32. The number of nitrogens with zero attached hydrogens (tertiary/aromatic N) is 1. The number of amides is 2. The molecule has 1 aromatic rings. The quantitative estimate of drug-likeness (QED) is 0.760. The van der Waals surface area contributed by atoms with Crippen LogP contribution in [0.15, 0.2) is 24.3 Å². The first-order valence-electron chi connectivity index (χ1n) is 10.0. The van der Waals surface area contributed by atoms with E-state index in [0.717, 1.165) is 30.8 Å². The fraction of sp³-hybridized carbons (Fsp3) is 0.619. The van der Waals surface area contributed by atoms with Crippen LogP contribution in [-0.4, -0.2) is 49.1 Å². The summed E-state index contributed by atoms with van der Waals surface area (Å²) >= 11 is 0. The van der Waals surface area contributed by atoms with Crippen LogP contribution in [0.25, 0.3) is 0 Å². The maximum atomic E-state index is 12.3. The van der Waals surface area contributed by atoms with Crippen LogP contribution in [0.5, 0.6) is 11.5 Å². The molecule has 2 fully saturated rings. The van der Waals surface area contributed by atoms with E-state index in [1.807, 2.05) is 36.1 Å². The van der Waals surface area contributed by atoms with Crippen LogP contribution in [0.1, 0.15) is 39.5 Å². The van der Waals surface area contributed by atoms with E-state index >= 15 is 0 Å². The summed E-state index contributed by atoms with van der Waals surface area (Å²) in [7, 11) is 0. The molecule has 2 unspecified atom stereocenters. The number of piperidine rings is 1. The molecular weight excluding hydrogens is 344 g/mol. The summed E-state index contributed by atoms with van der Waals surface area (Å²) in [5, 5.41) is 2.88. The van der Waals surface area contributed by atoms with Gasteiger partial charge in [0.1, 0.15) is 6.10 Å². The molecule has 2 atom stereocenters. The summed E-state index contributed by atoms with van der Waals surface area (Å²) in [5.74, 6) is 2.38. The molecule has 3 rings (SSSR count). The SMILES string of the molecule is CCOc1ccccc1OC1CCN(C(=O)CCNC(=O)C2CC2C)CC1. The lowest BCUT2D eigenvalue weighted by Crippen LogP contribution is -2.43. The number of rotatable bonds is 8. The van der Waals surface area contributed by atoms with Crippen LogP contribution in [0.4, 0.5) is 0 Å². The highest BCUT2D eigenvalue weighted by molar-refractivity contribution is 5.82. The van der Waals surface area contributed by atoms with Crippen molar-refractivity contribution in [2.75, 3.05) is 26.2 Å². The van der Waals surface area contributed by atoms with Crippen molar-refractivity contribution in [3.63, 3.8) is 0 Å². The minimum Gasteiger partial charge on any atom is -0.490 e. The zero-order valence-corrected chi connectivity index (χ0v) is 16.3. The summed E-state index contributed by atoms with van der Waals surface area (Å²) < 4.78 is 11.7. The highest BCUT2D eigenvalue weighted by Crippen LogP contribution is 2.37. The van der Waals surface area contributed by atoms with E-state index in [2.05, 4.69) is 12.2 Å². The standard InChI is InChI=1S/C21H30N2O4/c1-3-26-18-6-4-5-7-19(18)27-16-9-12-23(13-10-16)20(24)8-11-22-21(25)17-14-15(17)2/h4-7,15-17H,3,8-14H2,1-2H3,(H,22,25). The fourth-order valence-corrected chi connectivity index (χ4v) is 3.49. The predicted molar refractivity (Wildman–Crippen MR) is 103 cm³/mol. The zero-order valence-electron chi connectivity index (χ0n) is 16.3. The Hall–Kier alpha value is -2.24. The minimum atomic E-state index is 0.0895. The Morgan fingerprint density at radius 3 is 2.48 bits per heavy atom. The number of hydrogen-bond donors (Lipinski definition) is 1. The number of hydrogen-bond acceptors (Lipinski definition) is 4. The molecule has 2 aliphatic rings. The van der Waals surface area contributed by atoms with Crippen molar-refractivity contribution in [1.82, 2.24) is 10.2 Å². The molecule has 0 spiro atoms. The lowest BCUT2D eigenvalue weighted by Gasteiger charge is -2.32. The van der Waals surface area contributed by atoms with Gasteiger partial charge in [0.15, 0.2) is 11.5 Å². The van der Waals surface area contributed by atoms with Crippen LogP contribution in [0, 0.1) is 11.8 Å². The molecule has 1 N–H and O–H groups in total. The Labute approximate surface area is 161 Å². The van der Waals surface area contributed by atoms with Gasteiger partial charge in [0.05, 0.1) is 6.61 Å². The summed E-state index contributed by atoms with van der Waals surface area (Å²) in [6, 6.07) is 7.70. The second-order valence-electron chi connectivity index (χ2n) is 7.44. The first-order valence-corrected chi connectivity index (χ1v) is 10.0. The van der Waals surface area contributed by atoms with Gasteiger partial charge in [-0.2, -0.15) is 0 Å². The molecule has 0 bridgehead atoms. The largest absolute Gasteiger partial charge is 0.490 e. The Morgan fingerprint density at radius 2 is 1.85 bits per heavy atom. The molecule has 2 amide bonds. The van der Waals surface area contributed by atoms with Gasteiger partial charge < -0.3 is 19.7 Å². The molecule has 27 heavy (non-hydrogen) atoms. The van der Waals surface area contributed by atoms with Gasteiger partial charge in [0, 0.05) is 44.8 Å². The van der Waals surface area contributed by atoms with Gasteiger partial charge in [-0.05, 0) is 31.4 Å². The summed E-state index contributed by atoms with van der Waals surface area (Å²) in [6.45, 7) is 6.44. The maximum absolute atomic E-state index is 12.3. The van der Waals surface area contributed by atoms with Crippen LogP contribution >= 0.6 is 0 Å². The lowest BCUT2D eigenvalue weighted by atomic mass is 10.1. The average Bonchev–Trinajstić information content (AvgIpc) is 3.41. The van der Waals surface area contributed by atoms with E-state index in [9.17, 15) is 9.59 Å². The number of ether oxygens (including phenoxy) is 2. The molecule has 0 radical (unpaired) electrons. The molecule has 6 nitrogen and oxygen atoms in total. The normalized spacial score (nSPS) is 22.2. The Balaban J connectivity index is 1.38. The predicted octanol–water partition coefficient (Wildman–Crippen LogP) is 2.62. The van der Waals surface area contributed by atoms with Crippen molar-refractivity contribution in [3.05, 3.63) is 24.3 Å². The van der Waals surface area contributed by atoms with E-state index in [0.29, 0.717) is 38.6 Å². The second kappa shape index (κ2) is 9.11. The molecule has 1 heterocycles. The van der Waals surface area contributed by atoms with Crippen molar-refractivity contribution >= 4 is 11.8 Å². The van der Waals surface area contributed by atoms with E-state index < -0.39 is 0 Å². The van der Waals surface area contributed by atoms with Gasteiger partial charge in [0.2, 0.25) is 11.8 Å². The highest BCUT2D eigenvalue weighted by Gasteiger charge is 2.38. The van der Waals surface area contributed by atoms with Crippen molar-refractivity contribution in [3.8, 4) is 11.5 Å². The second-order valence-corrected chi connectivity index (χ2v) is 7.44. The molecule has 1 saturated carbocycles. The molecule has 1 aromatic carbocycles. The molecule has 1 aliphatic heterocycles. The number of carbonyl (C=O) groups excluding carboxylic acids is 2. The van der Waals surface area contributed by atoms with Crippen molar-refractivity contribution in [1.29, 1.82) is 0 Å². The van der Waals surface area contributed by atoms with Gasteiger partial charge in [-0.3, -0.25) is 9.59 Å². The topological polar surface area (TPSA) is 67.9 Å². The Morgan fingerprint density at radius 1 is 1.19 bits per heavy atom. The van der Waals surface area contributed by atoms with Gasteiger partial charge in [-0.25, -0.2) is 0 Å². The summed E-state index contributed by atoms with van der Waals surface area (Å²) in [4.78, 5) is 26.0. The van der Waals surface area contributed by atoms with Gasteiger partial charge >= 0.3 is 0 Å². The number of nitrogens with one attached hydrogen (secondary N) is 1. The third-order valence-electron chi connectivity index (χ3n) is 5.32. The first kappa shape index (κ1) is 19.5. The summed E-state index contributed by atoms with van der Waals surface area (Å²) in [6.07, 6.45) is 3.04. The van der Waals surface area contributed by atoms with E-state index in [-0.39, 0.29) is 23.8 Å². The average molecular weight is 374 g/mol. The number of carbonyl (C=O) groups is 2. The molecule has 148 valence electrons. The van der Waals surface area contributed by atoms with Gasteiger partial charge in [-0.1, -0.05) is 19.1 Å². The monoisotopic (exact) mass is 374 g/mol. The third kappa shape index (κ3) is 5.37. The molecular formula is C21H30N2O4. The number of benzene rings is 1. The first-order chi connectivity index (χ1) is 13.1. The summed E-state index contributed by atoms with van der Waals surface area (Å²) in [5.41, 5.74) is 0. The van der Waals surface area contributed by atoms with E-state index in [1.165, 1.54) is 0 Å². The minimum absolute atomic E-state index is 0.0895. The van der Waals surface area contributed by atoms with Crippen molar-refractivity contribution < 1.29 is 19.1 Å². The highest BCUT2D eigenvalue weighted by atomic mass is 16.5. The van der Waals surface area contributed by atoms with E-state index in [4.69, 9.17) is 9.47 Å². The zero-order chi connectivity index (χ0) is 19.2. The molecule has 6 heteroatoms. The number of para-hydroxylation sites is 2. The van der Waals surface area contributed by atoms with Crippen LogP contribution in [0.3, 0.4) is 0 Å². The number of likely N-dealkylation sites (tertiary alicyclic amines) is 1. The fourth-order valence-electron chi connectivity index (χ4n) is 3.49. The Kier molecular flexibility index (Phi) is 6.58. The Bertz CT molecular complexity index is 655. The van der Waals surface area contributed by atoms with Gasteiger partial charge in [0.25, 0.3) is 0 Å². The van der Waals surface area contributed by atoms with Gasteiger partial charge in [-0.15, -0.1) is 0 Å².